The quantitative estimate of drug-likeness (QED) is 0.493. The van der Waals surface area contributed by atoms with Gasteiger partial charge in [-0.3, -0.25) is 19.2 Å². The zero-order valence-corrected chi connectivity index (χ0v) is 21.0. The van der Waals surface area contributed by atoms with Gasteiger partial charge in [0.25, 0.3) is 5.91 Å². The summed E-state index contributed by atoms with van der Waals surface area (Å²) in [4.78, 5) is 56.3. The molecule has 7 heteroatoms. The molecule has 6 aliphatic rings. The van der Waals surface area contributed by atoms with Crippen molar-refractivity contribution < 1.29 is 19.2 Å². The molecule has 1 aliphatic heterocycles. The number of hydrogen-bond acceptors (Lipinski definition) is 4. The van der Waals surface area contributed by atoms with Gasteiger partial charge in [0.1, 0.15) is 6.04 Å². The number of primary amides is 1. The van der Waals surface area contributed by atoms with Crippen molar-refractivity contribution in [2.75, 3.05) is 4.90 Å². The number of nitrogens with zero attached hydrogens (tertiary/aromatic N) is 2. The second-order valence-corrected chi connectivity index (χ2v) is 12.3. The molecule has 4 bridgehead atoms. The van der Waals surface area contributed by atoms with Crippen molar-refractivity contribution >= 4 is 29.3 Å². The molecule has 0 radical (unpaired) electrons. The van der Waals surface area contributed by atoms with E-state index in [-0.39, 0.29) is 35.6 Å². The van der Waals surface area contributed by atoms with Crippen molar-refractivity contribution in [2.24, 2.45) is 28.9 Å². The number of anilines is 1. The number of benzene rings is 1. The summed E-state index contributed by atoms with van der Waals surface area (Å²) in [6, 6.07) is 5.54. The van der Waals surface area contributed by atoms with Gasteiger partial charge in [-0.1, -0.05) is 25.7 Å². The van der Waals surface area contributed by atoms with Crippen LogP contribution in [-0.2, 0) is 14.4 Å². The smallest absolute Gasteiger partial charge is 0.257 e. The number of carbonyl (C=O) groups is 4. The first-order valence-electron chi connectivity index (χ1n) is 13.9. The Balaban J connectivity index is 1.32. The van der Waals surface area contributed by atoms with Crippen LogP contribution in [0.15, 0.2) is 24.3 Å². The fraction of sp³-hybridized carbons (Fsp3) is 0.655. The Hall–Kier alpha value is -2.70. The third-order valence-corrected chi connectivity index (χ3v) is 9.81. The van der Waals surface area contributed by atoms with Crippen LogP contribution in [0.2, 0.25) is 0 Å². The lowest BCUT2D eigenvalue weighted by atomic mass is 9.49. The van der Waals surface area contributed by atoms with E-state index >= 15 is 0 Å². The first-order valence-corrected chi connectivity index (χ1v) is 13.9. The highest BCUT2D eigenvalue weighted by atomic mass is 16.2. The number of nitrogens with two attached hydrogens (primary N) is 1. The molecular formula is C29H37N3O4. The summed E-state index contributed by atoms with van der Waals surface area (Å²) in [5.41, 5.74) is 5.77. The summed E-state index contributed by atoms with van der Waals surface area (Å²) in [5, 5.41) is 0. The van der Waals surface area contributed by atoms with Crippen LogP contribution >= 0.6 is 0 Å². The molecule has 1 saturated heterocycles. The zero-order valence-electron chi connectivity index (χ0n) is 21.0. The molecule has 192 valence electrons. The van der Waals surface area contributed by atoms with Gasteiger partial charge in [0, 0.05) is 11.6 Å². The highest BCUT2D eigenvalue weighted by molar-refractivity contribution is 6.23. The molecule has 0 aromatic heterocycles. The van der Waals surface area contributed by atoms with Gasteiger partial charge in [0.2, 0.25) is 17.7 Å². The number of rotatable bonds is 5. The molecule has 36 heavy (non-hydrogen) atoms. The Bertz CT molecular complexity index is 1040. The predicted molar refractivity (Wildman–Crippen MR) is 135 cm³/mol. The average Bonchev–Trinajstić information content (AvgIpc) is 3.00. The summed E-state index contributed by atoms with van der Waals surface area (Å²) in [6.07, 6.45) is 12.9. The van der Waals surface area contributed by atoms with E-state index in [0.29, 0.717) is 29.0 Å². The monoisotopic (exact) mass is 491 g/mol. The van der Waals surface area contributed by atoms with E-state index in [1.54, 1.807) is 12.1 Å². The van der Waals surface area contributed by atoms with Gasteiger partial charge < -0.3 is 10.6 Å². The van der Waals surface area contributed by atoms with Crippen LogP contribution in [0.25, 0.3) is 0 Å². The van der Waals surface area contributed by atoms with Gasteiger partial charge in [-0.05, 0) is 93.4 Å². The molecule has 1 heterocycles. The molecule has 1 aromatic carbocycles. The molecule has 1 aromatic rings. The Morgan fingerprint density at radius 3 is 1.94 bits per heavy atom. The van der Waals surface area contributed by atoms with Crippen LogP contribution in [0, 0.1) is 23.2 Å². The van der Waals surface area contributed by atoms with Crippen LogP contribution in [-0.4, -0.2) is 40.6 Å². The molecule has 7 nitrogen and oxygen atoms in total. The maximum Gasteiger partial charge on any atom is 0.257 e. The average molecular weight is 492 g/mol. The second-order valence-electron chi connectivity index (χ2n) is 12.3. The summed E-state index contributed by atoms with van der Waals surface area (Å²) >= 11 is 0. The van der Waals surface area contributed by atoms with Crippen molar-refractivity contribution in [3.63, 3.8) is 0 Å². The van der Waals surface area contributed by atoms with Gasteiger partial charge in [0.15, 0.2) is 0 Å². The van der Waals surface area contributed by atoms with Crippen molar-refractivity contribution in [1.29, 1.82) is 0 Å². The molecule has 2 N–H and O–H groups in total. The topological polar surface area (TPSA) is 101 Å². The molecule has 0 spiro atoms. The minimum Gasteiger partial charge on any atom is -0.366 e. The Labute approximate surface area is 212 Å². The number of carbonyl (C=O) groups excluding carboxylic acids is 4. The van der Waals surface area contributed by atoms with Gasteiger partial charge in [-0.25, -0.2) is 4.90 Å². The fourth-order valence-electron chi connectivity index (χ4n) is 8.62. The third kappa shape index (κ3) is 3.95. The summed E-state index contributed by atoms with van der Waals surface area (Å²) < 4.78 is 0. The van der Waals surface area contributed by atoms with Crippen molar-refractivity contribution in [1.82, 2.24) is 4.90 Å². The summed E-state index contributed by atoms with van der Waals surface area (Å²) in [5.74, 6) is 0.916. The maximum absolute atomic E-state index is 14.6. The van der Waals surface area contributed by atoms with Gasteiger partial charge in [-0.2, -0.15) is 0 Å². The molecule has 6 fully saturated rings. The molecular weight excluding hydrogens is 454 g/mol. The minimum absolute atomic E-state index is 0.0203. The largest absolute Gasteiger partial charge is 0.366 e. The van der Waals surface area contributed by atoms with Gasteiger partial charge in [0.05, 0.1) is 17.5 Å². The van der Waals surface area contributed by atoms with Crippen molar-refractivity contribution in [3.05, 3.63) is 29.8 Å². The number of amides is 4. The van der Waals surface area contributed by atoms with E-state index in [0.717, 1.165) is 57.8 Å². The normalized spacial score (nSPS) is 34.2. The van der Waals surface area contributed by atoms with Crippen LogP contribution in [0.5, 0.6) is 0 Å². The van der Waals surface area contributed by atoms with E-state index < -0.39 is 11.9 Å². The maximum atomic E-state index is 14.6. The van der Waals surface area contributed by atoms with E-state index in [2.05, 4.69) is 0 Å². The molecule has 1 atom stereocenters. The van der Waals surface area contributed by atoms with Crippen molar-refractivity contribution in [2.45, 2.75) is 95.6 Å². The molecule has 5 aliphatic carbocycles. The zero-order chi connectivity index (χ0) is 25.0. The van der Waals surface area contributed by atoms with E-state index in [9.17, 15) is 19.2 Å². The first kappa shape index (κ1) is 23.7. The Kier molecular flexibility index (Phi) is 5.92. The second kappa shape index (κ2) is 9.00. The fourth-order valence-corrected chi connectivity index (χ4v) is 8.62. The predicted octanol–water partition coefficient (Wildman–Crippen LogP) is 4.19. The van der Waals surface area contributed by atoms with E-state index in [4.69, 9.17) is 5.73 Å². The minimum atomic E-state index is -0.739. The van der Waals surface area contributed by atoms with Crippen LogP contribution in [0.1, 0.15) is 93.8 Å². The lowest BCUT2D eigenvalue weighted by Crippen LogP contribution is -2.60. The molecule has 1 unspecified atom stereocenters. The summed E-state index contributed by atoms with van der Waals surface area (Å²) in [7, 11) is 0. The van der Waals surface area contributed by atoms with Crippen LogP contribution < -0.4 is 10.6 Å². The third-order valence-electron chi connectivity index (χ3n) is 9.81. The lowest BCUT2D eigenvalue weighted by Gasteiger charge is -2.57. The van der Waals surface area contributed by atoms with Crippen LogP contribution in [0.3, 0.4) is 0 Å². The molecule has 4 amide bonds. The van der Waals surface area contributed by atoms with E-state index in [1.165, 1.54) is 36.3 Å². The SMILES string of the molecule is NC(=O)c1ccc(N2C(=O)CC(N(C(=O)C34CC5CC(CC(C5)C3)C4)C3CCCCCC3)C2=O)cc1. The van der Waals surface area contributed by atoms with E-state index in [1.807, 2.05) is 4.90 Å². The van der Waals surface area contributed by atoms with Gasteiger partial charge in [-0.15, -0.1) is 0 Å². The van der Waals surface area contributed by atoms with Crippen LogP contribution in [0.4, 0.5) is 5.69 Å². The number of imide groups is 1. The summed E-state index contributed by atoms with van der Waals surface area (Å²) in [6.45, 7) is 0. The lowest BCUT2D eigenvalue weighted by molar-refractivity contribution is -0.164. The van der Waals surface area contributed by atoms with Gasteiger partial charge >= 0.3 is 0 Å². The Morgan fingerprint density at radius 1 is 0.861 bits per heavy atom. The highest BCUT2D eigenvalue weighted by Gasteiger charge is 2.58. The Morgan fingerprint density at radius 2 is 1.42 bits per heavy atom. The highest BCUT2D eigenvalue weighted by Crippen LogP contribution is 2.61. The molecule has 5 saturated carbocycles. The standard InChI is InChI=1S/C29H37N3O4/c30-26(34)21-7-9-23(10-8-21)32-25(33)14-24(27(32)35)31(22-5-3-1-2-4-6-22)28(36)29-15-18-11-19(16-29)13-20(12-18)17-29/h7-10,18-20,22,24H,1-6,11-17H2,(H2,30,34). The first-order chi connectivity index (χ1) is 17.3. The van der Waals surface area contributed by atoms with Crippen molar-refractivity contribution in [3.8, 4) is 0 Å². The molecule has 7 rings (SSSR count). The number of hydrogen-bond donors (Lipinski definition) is 1.